The molecule has 2 aromatic heterocycles. The van der Waals surface area contributed by atoms with Crippen molar-refractivity contribution in [3.05, 3.63) is 48.2 Å². The predicted octanol–water partition coefficient (Wildman–Crippen LogP) is 2.70. The summed E-state index contributed by atoms with van der Waals surface area (Å²) in [5, 5.41) is 6.23. The molecule has 1 aromatic carbocycles. The van der Waals surface area contributed by atoms with Gasteiger partial charge in [-0.25, -0.2) is 19.3 Å². The SMILES string of the molecule is CN(C)CCNC(=O)C1COC(Cc2nc(-c3ccc(F)cc3)c(-c3ccnc(NCC4CC4)n3)[nH]2)OC1. The summed E-state index contributed by atoms with van der Waals surface area (Å²) in [7, 11) is 3.92. The maximum absolute atomic E-state index is 13.6. The molecule has 0 atom stereocenters. The summed E-state index contributed by atoms with van der Waals surface area (Å²) in [6, 6.07) is 8.03. The molecule has 2 aliphatic rings. The number of likely N-dealkylation sites (N-methyl/N-ethyl adjacent to an activating group) is 1. The lowest BCUT2D eigenvalue weighted by Crippen LogP contribution is -2.43. The van der Waals surface area contributed by atoms with Gasteiger partial charge in [-0.2, -0.15) is 0 Å². The number of aromatic nitrogens is 4. The second-order valence-corrected chi connectivity index (χ2v) is 10.1. The Labute approximate surface area is 221 Å². The Morgan fingerprint density at radius 1 is 1.13 bits per heavy atom. The molecular formula is C27H34FN7O3. The monoisotopic (exact) mass is 523 g/mol. The number of nitrogens with one attached hydrogen (secondary N) is 3. The molecule has 3 N–H and O–H groups in total. The molecule has 0 radical (unpaired) electrons. The Bertz CT molecular complexity index is 1220. The fourth-order valence-corrected chi connectivity index (χ4v) is 4.18. The summed E-state index contributed by atoms with van der Waals surface area (Å²) < 4.78 is 25.3. The number of H-pyrrole nitrogens is 1. The van der Waals surface area contributed by atoms with Gasteiger partial charge in [0.2, 0.25) is 11.9 Å². The molecule has 2 fully saturated rings. The first kappa shape index (κ1) is 26.2. The van der Waals surface area contributed by atoms with E-state index in [0.717, 1.165) is 18.7 Å². The second-order valence-electron chi connectivity index (χ2n) is 10.1. The third-order valence-corrected chi connectivity index (χ3v) is 6.58. The van der Waals surface area contributed by atoms with Crippen molar-refractivity contribution < 1.29 is 18.7 Å². The normalized spacial score (nSPS) is 19.5. The summed E-state index contributed by atoms with van der Waals surface area (Å²) in [6.07, 6.45) is 4.00. The van der Waals surface area contributed by atoms with Crippen LogP contribution >= 0.6 is 0 Å². The molecule has 10 nitrogen and oxygen atoms in total. The molecule has 1 saturated heterocycles. The zero-order valence-corrected chi connectivity index (χ0v) is 21.7. The molecule has 1 saturated carbocycles. The second kappa shape index (κ2) is 12.0. The predicted molar refractivity (Wildman–Crippen MR) is 141 cm³/mol. The largest absolute Gasteiger partial charge is 0.354 e. The Balaban J connectivity index is 1.28. The summed E-state index contributed by atoms with van der Waals surface area (Å²) in [5.41, 5.74) is 2.80. The number of hydrogen-bond acceptors (Lipinski definition) is 8. The first-order chi connectivity index (χ1) is 18.4. The summed E-state index contributed by atoms with van der Waals surface area (Å²) in [4.78, 5) is 31.6. The number of nitrogens with zero attached hydrogens (tertiary/aromatic N) is 4. The summed E-state index contributed by atoms with van der Waals surface area (Å²) in [6.45, 7) is 2.75. The van der Waals surface area contributed by atoms with Crippen molar-refractivity contribution in [2.24, 2.45) is 11.8 Å². The first-order valence-corrected chi connectivity index (χ1v) is 13.0. The van der Waals surface area contributed by atoms with Gasteiger partial charge in [-0.15, -0.1) is 0 Å². The summed E-state index contributed by atoms with van der Waals surface area (Å²) >= 11 is 0. The van der Waals surface area contributed by atoms with Crippen LogP contribution in [-0.4, -0.2) is 84.0 Å². The van der Waals surface area contributed by atoms with Crippen LogP contribution in [0.4, 0.5) is 10.3 Å². The Morgan fingerprint density at radius 2 is 1.89 bits per heavy atom. The van der Waals surface area contributed by atoms with Gasteiger partial charge in [-0.3, -0.25) is 4.79 Å². The molecule has 1 aliphatic carbocycles. The number of aromatic amines is 1. The van der Waals surface area contributed by atoms with Crippen LogP contribution in [0.3, 0.4) is 0 Å². The van der Waals surface area contributed by atoms with Crippen LogP contribution in [-0.2, 0) is 20.7 Å². The van der Waals surface area contributed by atoms with Crippen LogP contribution in [0.2, 0.25) is 0 Å². The quantitative estimate of drug-likeness (QED) is 0.351. The molecule has 3 aromatic rings. The van der Waals surface area contributed by atoms with Gasteiger partial charge in [0.1, 0.15) is 11.6 Å². The standard InChI is InChI=1S/C27H34FN7O3/c1-35(2)12-11-29-26(36)19-15-37-23(38-16-19)13-22-33-24(18-5-7-20(28)8-6-18)25(34-22)21-9-10-30-27(32-21)31-14-17-3-4-17/h5-10,17,19,23H,3-4,11-16H2,1-2H3,(H,29,36)(H,33,34)(H,30,31,32). The van der Waals surface area contributed by atoms with Gasteiger partial charge in [-0.1, -0.05) is 0 Å². The third-order valence-electron chi connectivity index (χ3n) is 6.58. The molecule has 1 amide bonds. The minimum atomic E-state index is -0.540. The van der Waals surface area contributed by atoms with Crippen molar-refractivity contribution >= 4 is 11.9 Å². The average Bonchev–Trinajstić information content (AvgIpc) is 3.66. The minimum Gasteiger partial charge on any atom is -0.354 e. The molecule has 38 heavy (non-hydrogen) atoms. The molecule has 0 unspecified atom stereocenters. The molecule has 11 heteroatoms. The lowest BCUT2D eigenvalue weighted by atomic mass is 10.1. The van der Waals surface area contributed by atoms with Crippen LogP contribution < -0.4 is 10.6 Å². The first-order valence-electron chi connectivity index (χ1n) is 13.0. The molecule has 202 valence electrons. The highest BCUT2D eigenvalue weighted by Gasteiger charge is 2.29. The van der Waals surface area contributed by atoms with Crippen molar-refractivity contribution in [3.8, 4) is 22.6 Å². The molecule has 0 spiro atoms. The van der Waals surface area contributed by atoms with Crippen LogP contribution in [0.5, 0.6) is 0 Å². The van der Waals surface area contributed by atoms with E-state index >= 15 is 0 Å². The number of carbonyl (C=O) groups is 1. The molecule has 5 rings (SSSR count). The van der Waals surface area contributed by atoms with E-state index in [2.05, 4.69) is 20.6 Å². The molecule has 1 aliphatic heterocycles. The van der Waals surface area contributed by atoms with Gasteiger partial charge in [-0.05, 0) is 63.2 Å². The molecular weight excluding hydrogens is 489 g/mol. The lowest BCUT2D eigenvalue weighted by Gasteiger charge is -2.28. The van der Waals surface area contributed by atoms with Gasteiger partial charge in [0, 0.05) is 31.4 Å². The van der Waals surface area contributed by atoms with Crippen molar-refractivity contribution in [2.75, 3.05) is 52.3 Å². The van der Waals surface area contributed by atoms with Crippen LogP contribution in [0, 0.1) is 17.7 Å². The number of hydrogen-bond donors (Lipinski definition) is 3. The van der Waals surface area contributed by atoms with E-state index < -0.39 is 6.29 Å². The molecule has 3 heterocycles. The van der Waals surface area contributed by atoms with Gasteiger partial charge < -0.3 is 30.0 Å². The fourth-order valence-electron chi connectivity index (χ4n) is 4.18. The van der Waals surface area contributed by atoms with Gasteiger partial charge >= 0.3 is 0 Å². The number of anilines is 1. The van der Waals surface area contributed by atoms with Crippen molar-refractivity contribution in [2.45, 2.75) is 25.6 Å². The number of benzene rings is 1. The number of carbonyl (C=O) groups excluding carboxylic acids is 1. The zero-order valence-electron chi connectivity index (χ0n) is 21.7. The number of amides is 1. The van der Waals surface area contributed by atoms with Gasteiger partial charge in [0.05, 0.1) is 42.6 Å². The minimum absolute atomic E-state index is 0.0703. The third kappa shape index (κ3) is 6.91. The van der Waals surface area contributed by atoms with E-state index in [1.165, 1.54) is 25.0 Å². The van der Waals surface area contributed by atoms with Crippen LogP contribution in [0.25, 0.3) is 22.6 Å². The number of ether oxygens (including phenoxy) is 2. The topological polar surface area (TPSA) is 117 Å². The highest BCUT2D eigenvalue weighted by Crippen LogP contribution is 2.31. The van der Waals surface area contributed by atoms with E-state index in [9.17, 15) is 9.18 Å². The van der Waals surface area contributed by atoms with E-state index in [4.69, 9.17) is 19.4 Å². The maximum atomic E-state index is 13.6. The van der Waals surface area contributed by atoms with Crippen molar-refractivity contribution in [3.63, 3.8) is 0 Å². The Hall–Kier alpha value is -3.41. The smallest absolute Gasteiger partial charge is 0.227 e. The fraction of sp³-hybridized carbons (Fsp3) is 0.481. The highest BCUT2D eigenvalue weighted by molar-refractivity contribution is 5.79. The van der Waals surface area contributed by atoms with Gasteiger partial charge in [0.15, 0.2) is 6.29 Å². The Kier molecular flexibility index (Phi) is 8.26. The van der Waals surface area contributed by atoms with E-state index in [-0.39, 0.29) is 30.9 Å². The summed E-state index contributed by atoms with van der Waals surface area (Å²) in [5.74, 6) is 1.16. The van der Waals surface area contributed by atoms with Crippen molar-refractivity contribution in [1.82, 2.24) is 30.2 Å². The average molecular weight is 524 g/mol. The maximum Gasteiger partial charge on any atom is 0.227 e. The van der Waals surface area contributed by atoms with Crippen LogP contribution in [0.15, 0.2) is 36.5 Å². The van der Waals surface area contributed by atoms with Crippen molar-refractivity contribution in [1.29, 1.82) is 0 Å². The van der Waals surface area contributed by atoms with Gasteiger partial charge in [0.25, 0.3) is 0 Å². The Morgan fingerprint density at radius 3 is 2.61 bits per heavy atom. The molecule has 0 bridgehead atoms. The van der Waals surface area contributed by atoms with E-state index in [1.807, 2.05) is 25.1 Å². The van der Waals surface area contributed by atoms with Crippen LogP contribution in [0.1, 0.15) is 18.7 Å². The number of rotatable bonds is 11. The lowest BCUT2D eigenvalue weighted by molar-refractivity contribution is -0.200. The number of halogens is 1. The zero-order chi connectivity index (χ0) is 26.5. The number of imidazole rings is 1. The highest BCUT2D eigenvalue weighted by atomic mass is 19.1. The van der Waals surface area contributed by atoms with E-state index in [0.29, 0.717) is 47.7 Å². The van der Waals surface area contributed by atoms with E-state index in [1.54, 1.807) is 18.3 Å².